The summed E-state index contributed by atoms with van der Waals surface area (Å²) in [6.07, 6.45) is -3.31. The normalized spacial score (nSPS) is 11.0. The van der Waals surface area contributed by atoms with Crippen molar-refractivity contribution in [1.29, 1.82) is 0 Å². The second-order valence-corrected chi connectivity index (χ2v) is 4.86. The molecule has 0 saturated heterocycles. The van der Waals surface area contributed by atoms with Crippen LogP contribution in [0.2, 0.25) is 0 Å². The lowest BCUT2D eigenvalue weighted by molar-refractivity contribution is -0.138. The van der Waals surface area contributed by atoms with Gasteiger partial charge < -0.3 is 20.4 Å². The minimum absolute atomic E-state index is 0.384. The van der Waals surface area contributed by atoms with Crippen LogP contribution in [0.5, 0.6) is 0 Å². The summed E-state index contributed by atoms with van der Waals surface area (Å²) >= 11 is 0. The van der Waals surface area contributed by atoms with Gasteiger partial charge >= 0.3 is 29.0 Å². The molecule has 0 radical (unpaired) electrons. The third-order valence-electron chi connectivity index (χ3n) is 3.09. The number of aliphatic hydroxyl groups excluding tert-OH is 1. The van der Waals surface area contributed by atoms with Crippen LogP contribution in [0.3, 0.4) is 0 Å². The average Bonchev–Trinajstić information content (AvgIpc) is 2.45. The molecule has 1 aromatic rings. The summed E-state index contributed by atoms with van der Waals surface area (Å²) in [5.74, 6) is -2.55. The van der Waals surface area contributed by atoms with E-state index < -0.39 is 67.8 Å². The average molecular weight is 347 g/mol. The van der Waals surface area contributed by atoms with Crippen molar-refractivity contribution in [2.45, 2.75) is 45.2 Å². The number of rotatable bonds is 9. The van der Waals surface area contributed by atoms with Crippen LogP contribution >= 0.6 is 0 Å². The van der Waals surface area contributed by atoms with Gasteiger partial charge in [0.1, 0.15) is 0 Å². The Morgan fingerprint density at radius 1 is 0.750 bits per heavy atom. The Bertz CT molecular complexity index is 730. The highest BCUT2D eigenvalue weighted by atomic mass is 16.5. The number of nitrogens with zero attached hydrogens (tertiary/aromatic N) is 3. The molecule has 24 heavy (non-hydrogen) atoms. The van der Waals surface area contributed by atoms with Gasteiger partial charge in [-0.05, 0) is 0 Å². The van der Waals surface area contributed by atoms with Crippen LogP contribution < -0.4 is 17.1 Å². The smallest absolute Gasteiger partial charge is 0.336 e. The van der Waals surface area contributed by atoms with Gasteiger partial charge in [0, 0.05) is 26.1 Å². The Morgan fingerprint density at radius 3 is 1.38 bits per heavy atom. The van der Waals surface area contributed by atoms with Crippen molar-refractivity contribution in [2.24, 2.45) is 0 Å². The monoisotopic (exact) mass is 347 g/mol. The summed E-state index contributed by atoms with van der Waals surface area (Å²) in [5.41, 5.74) is -3.31. The zero-order chi connectivity index (χ0) is 18.4. The minimum atomic E-state index is -1.80. The number of carboxylic acid groups (broad SMARTS) is 2. The van der Waals surface area contributed by atoms with Crippen molar-refractivity contribution in [2.75, 3.05) is 0 Å². The molecule has 0 aromatic carbocycles. The van der Waals surface area contributed by atoms with Crippen molar-refractivity contribution < 1.29 is 30.0 Å². The molecule has 0 amide bonds. The van der Waals surface area contributed by atoms with Gasteiger partial charge in [0.25, 0.3) is 0 Å². The van der Waals surface area contributed by atoms with Gasteiger partial charge in [0.15, 0.2) is 6.29 Å². The lowest BCUT2D eigenvalue weighted by Gasteiger charge is -2.13. The largest absolute Gasteiger partial charge is 0.481 e. The predicted octanol–water partition coefficient (Wildman–Crippen LogP) is -3.18. The lowest BCUT2D eigenvalue weighted by atomic mass is 10.4. The number of hydrogen-bond acceptors (Lipinski definition) is 7. The highest BCUT2D eigenvalue weighted by molar-refractivity contribution is 5.66. The Morgan fingerprint density at radius 2 is 1.08 bits per heavy atom. The van der Waals surface area contributed by atoms with Gasteiger partial charge in [-0.2, -0.15) is 0 Å². The van der Waals surface area contributed by atoms with E-state index >= 15 is 0 Å². The van der Waals surface area contributed by atoms with Crippen molar-refractivity contribution >= 4 is 11.9 Å². The van der Waals surface area contributed by atoms with Crippen molar-refractivity contribution in [3.8, 4) is 0 Å². The van der Waals surface area contributed by atoms with E-state index in [0.717, 1.165) is 0 Å². The first-order valence-corrected chi connectivity index (χ1v) is 6.89. The quantitative estimate of drug-likeness (QED) is 0.335. The van der Waals surface area contributed by atoms with Crippen molar-refractivity contribution in [3.63, 3.8) is 0 Å². The molecule has 4 N–H and O–H groups in total. The third kappa shape index (κ3) is 4.89. The fourth-order valence-electron chi connectivity index (χ4n) is 1.92. The van der Waals surface area contributed by atoms with Crippen LogP contribution in [-0.2, 0) is 29.2 Å². The molecule has 0 bridgehead atoms. The number of carbonyl (C=O) groups is 2. The molecule has 0 aliphatic heterocycles. The maximum Gasteiger partial charge on any atom is 0.336 e. The molecule has 0 spiro atoms. The Labute approximate surface area is 133 Å². The molecule has 0 unspecified atom stereocenters. The van der Waals surface area contributed by atoms with Crippen LogP contribution in [0.4, 0.5) is 0 Å². The van der Waals surface area contributed by atoms with Crippen LogP contribution in [0.25, 0.3) is 0 Å². The summed E-state index contributed by atoms with van der Waals surface area (Å²) in [7, 11) is 0. The first kappa shape index (κ1) is 19.3. The molecule has 12 nitrogen and oxygen atoms in total. The van der Waals surface area contributed by atoms with Crippen LogP contribution in [0, 0.1) is 0 Å². The fourth-order valence-corrected chi connectivity index (χ4v) is 1.92. The number of aliphatic carboxylic acids is 2. The summed E-state index contributed by atoms with van der Waals surface area (Å²) in [6, 6.07) is 0. The lowest BCUT2D eigenvalue weighted by Crippen LogP contribution is -2.55. The van der Waals surface area contributed by atoms with E-state index in [-0.39, 0.29) is 6.42 Å². The van der Waals surface area contributed by atoms with Gasteiger partial charge in [-0.3, -0.25) is 9.59 Å². The van der Waals surface area contributed by atoms with E-state index in [4.69, 9.17) is 20.4 Å². The standard InChI is InChI=1S/C12H17N3O9/c16-7(17)1-4-13-10(22)14(5-2-8(18)19)12(24)15(11(13)23)6-3-9(20)21/h7,16-17H,1-6H2,(H,18,19)(H,20,21). The van der Waals surface area contributed by atoms with E-state index in [0.29, 0.717) is 13.7 Å². The number of aromatic nitrogens is 3. The van der Waals surface area contributed by atoms with Crippen molar-refractivity contribution in [1.82, 2.24) is 13.7 Å². The maximum atomic E-state index is 12.2. The molecule has 1 aromatic heterocycles. The van der Waals surface area contributed by atoms with E-state index in [1.807, 2.05) is 0 Å². The summed E-state index contributed by atoms with van der Waals surface area (Å²) in [6.45, 7) is -1.46. The Balaban J connectivity index is 3.43. The Kier molecular flexibility index (Phi) is 6.61. The fraction of sp³-hybridized carbons (Fsp3) is 0.583. The van der Waals surface area contributed by atoms with E-state index in [2.05, 4.69) is 0 Å². The van der Waals surface area contributed by atoms with Gasteiger partial charge in [-0.25, -0.2) is 28.1 Å². The Hall–Kier alpha value is -2.73. The van der Waals surface area contributed by atoms with Gasteiger partial charge in [0.2, 0.25) is 0 Å². The second-order valence-electron chi connectivity index (χ2n) is 4.86. The molecule has 0 aliphatic rings. The van der Waals surface area contributed by atoms with Gasteiger partial charge in [-0.15, -0.1) is 0 Å². The van der Waals surface area contributed by atoms with E-state index in [1.165, 1.54) is 0 Å². The SMILES string of the molecule is O=C(O)CCn1c(=O)n(CCC(=O)O)c(=O)n(CCC(O)O)c1=O. The van der Waals surface area contributed by atoms with Gasteiger partial charge in [0.05, 0.1) is 12.8 Å². The molecule has 1 rings (SSSR count). The number of carboxylic acids is 2. The third-order valence-corrected chi connectivity index (χ3v) is 3.09. The van der Waals surface area contributed by atoms with E-state index in [9.17, 15) is 24.0 Å². The zero-order valence-electron chi connectivity index (χ0n) is 12.5. The molecule has 0 atom stereocenters. The second kappa shape index (κ2) is 8.21. The number of hydrogen-bond donors (Lipinski definition) is 4. The summed E-state index contributed by atoms with van der Waals surface area (Å²) in [5, 5.41) is 35.0. The molecular weight excluding hydrogens is 330 g/mol. The van der Waals surface area contributed by atoms with Crippen LogP contribution in [-0.4, -0.2) is 52.4 Å². The highest BCUT2D eigenvalue weighted by Crippen LogP contribution is 1.90. The van der Waals surface area contributed by atoms with E-state index in [1.54, 1.807) is 0 Å². The topological polar surface area (TPSA) is 181 Å². The molecule has 12 heteroatoms. The molecule has 0 saturated carbocycles. The molecule has 0 fully saturated rings. The van der Waals surface area contributed by atoms with Crippen LogP contribution in [0.1, 0.15) is 19.3 Å². The van der Waals surface area contributed by atoms with Crippen molar-refractivity contribution in [3.05, 3.63) is 31.5 Å². The molecule has 134 valence electrons. The zero-order valence-corrected chi connectivity index (χ0v) is 12.5. The van der Waals surface area contributed by atoms with Crippen LogP contribution in [0.15, 0.2) is 14.4 Å². The molecule has 1 heterocycles. The summed E-state index contributed by atoms with van der Waals surface area (Å²) in [4.78, 5) is 57.7. The minimum Gasteiger partial charge on any atom is -0.481 e. The molecule has 0 aliphatic carbocycles. The first-order valence-electron chi connectivity index (χ1n) is 6.89. The summed E-state index contributed by atoms with van der Waals surface area (Å²) < 4.78 is 1.53. The number of aliphatic hydroxyl groups is 2. The molecular formula is C12H17N3O9. The highest BCUT2D eigenvalue weighted by Gasteiger charge is 2.17. The predicted molar refractivity (Wildman–Crippen MR) is 76.6 cm³/mol. The maximum absolute atomic E-state index is 12.2. The first-order chi connectivity index (χ1) is 11.1. The van der Waals surface area contributed by atoms with Gasteiger partial charge in [-0.1, -0.05) is 0 Å².